The molecule has 1 amide bonds. The van der Waals surface area contributed by atoms with E-state index in [1.807, 2.05) is 42.0 Å². The molecule has 1 aliphatic heterocycles. The summed E-state index contributed by atoms with van der Waals surface area (Å²) in [7, 11) is 1.83. The molecule has 0 spiro atoms. The van der Waals surface area contributed by atoms with Crippen LogP contribution >= 0.6 is 15.9 Å². The number of piperidine rings is 1. The lowest BCUT2D eigenvalue weighted by Gasteiger charge is -2.36. The number of amides is 1. The first-order valence-corrected chi connectivity index (χ1v) is 8.15. The highest BCUT2D eigenvalue weighted by atomic mass is 79.9. The van der Waals surface area contributed by atoms with Crippen LogP contribution in [-0.2, 0) is 4.79 Å². The maximum atomic E-state index is 12.6. The molecule has 1 heterocycles. The van der Waals surface area contributed by atoms with Crippen molar-refractivity contribution in [3.05, 3.63) is 33.8 Å². The fourth-order valence-electron chi connectivity index (χ4n) is 2.89. The van der Waals surface area contributed by atoms with Gasteiger partial charge in [-0.05, 0) is 50.6 Å². The van der Waals surface area contributed by atoms with Crippen molar-refractivity contribution in [1.82, 2.24) is 9.80 Å². The third-order valence-electron chi connectivity index (χ3n) is 4.18. The van der Waals surface area contributed by atoms with Crippen molar-refractivity contribution in [1.29, 1.82) is 0 Å². The van der Waals surface area contributed by atoms with Gasteiger partial charge in [0, 0.05) is 29.2 Å². The number of aryl methyl sites for hydroxylation is 1. The van der Waals surface area contributed by atoms with Crippen LogP contribution in [0.2, 0.25) is 0 Å². The van der Waals surface area contributed by atoms with Crippen molar-refractivity contribution in [2.45, 2.75) is 25.8 Å². The third-order valence-corrected chi connectivity index (χ3v) is 4.67. The van der Waals surface area contributed by atoms with E-state index < -0.39 is 5.97 Å². The highest BCUT2D eigenvalue weighted by molar-refractivity contribution is 9.10. The van der Waals surface area contributed by atoms with Crippen LogP contribution in [0.1, 0.15) is 28.8 Å². The Bertz CT molecular complexity index is 569. The van der Waals surface area contributed by atoms with E-state index in [0.29, 0.717) is 13.1 Å². The van der Waals surface area contributed by atoms with Crippen molar-refractivity contribution < 1.29 is 14.7 Å². The van der Waals surface area contributed by atoms with Crippen LogP contribution in [-0.4, -0.2) is 59.5 Å². The average molecular weight is 369 g/mol. The smallest absolute Gasteiger partial charge is 0.317 e. The van der Waals surface area contributed by atoms with E-state index in [1.165, 1.54) is 0 Å². The van der Waals surface area contributed by atoms with Crippen LogP contribution < -0.4 is 0 Å². The number of nitrogens with zero attached hydrogens (tertiary/aromatic N) is 2. The number of rotatable bonds is 4. The summed E-state index contributed by atoms with van der Waals surface area (Å²) in [6, 6.07) is 5.91. The molecule has 1 N–H and O–H groups in total. The van der Waals surface area contributed by atoms with E-state index in [-0.39, 0.29) is 18.5 Å². The molecule has 0 aliphatic carbocycles. The molecule has 1 aromatic rings. The second-order valence-corrected chi connectivity index (χ2v) is 6.71. The largest absolute Gasteiger partial charge is 0.480 e. The van der Waals surface area contributed by atoms with Gasteiger partial charge in [-0.1, -0.05) is 15.9 Å². The van der Waals surface area contributed by atoms with Crippen LogP contribution in [0.15, 0.2) is 22.7 Å². The van der Waals surface area contributed by atoms with Gasteiger partial charge in [-0.25, -0.2) is 0 Å². The third kappa shape index (κ3) is 4.08. The van der Waals surface area contributed by atoms with Crippen molar-refractivity contribution in [2.75, 3.05) is 26.7 Å². The topological polar surface area (TPSA) is 60.9 Å². The van der Waals surface area contributed by atoms with Crippen LogP contribution in [0.4, 0.5) is 0 Å². The molecule has 1 saturated heterocycles. The lowest BCUT2D eigenvalue weighted by Crippen LogP contribution is -2.46. The van der Waals surface area contributed by atoms with E-state index in [9.17, 15) is 9.59 Å². The van der Waals surface area contributed by atoms with Crippen molar-refractivity contribution >= 4 is 27.8 Å². The quantitative estimate of drug-likeness (QED) is 0.886. The van der Waals surface area contributed by atoms with Gasteiger partial charge in [-0.15, -0.1) is 0 Å². The molecule has 5 nitrogen and oxygen atoms in total. The zero-order valence-corrected chi connectivity index (χ0v) is 14.5. The number of halogens is 1. The van der Waals surface area contributed by atoms with E-state index in [1.54, 1.807) is 0 Å². The Kier molecular flexibility index (Phi) is 5.58. The van der Waals surface area contributed by atoms with E-state index in [4.69, 9.17) is 5.11 Å². The number of aliphatic carboxylic acids is 1. The fraction of sp³-hybridized carbons (Fsp3) is 0.500. The van der Waals surface area contributed by atoms with Crippen LogP contribution in [0.5, 0.6) is 0 Å². The number of benzene rings is 1. The van der Waals surface area contributed by atoms with Gasteiger partial charge in [0.1, 0.15) is 0 Å². The number of carboxylic acids is 1. The molecule has 0 aromatic heterocycles. The monoisotopic (exact) mass is 368 g/mol. The number of carbonyl (C=O) groups is 2. The van der Waals surface area contributed by atoms with Crippen LogP contribution in [0.3, 0.4) is 0 Å². The van der Waals surface area contributed by atoms with E-state index >= 15 is 0 Å². The Morgan fingerprint density at radius 3 is 2.55 bits per heavy atom. The Hall–Kier alpha value is -1.40. The lowest BCUT2D eigenvalue weighted by molar-refractivity contribution is -0.138. The summed E-state index contributed by atoms with van der Waals surface area (Å²) < 4.78 is 0.968. The molecule has 2 rings (SSSR count). The molecule has 120 valence electrons. The Balaban J connectivity index is 1.96. The standard InChI is InChI=1S/C16H21BrN2O3/c1-11-9-12(17)3-4-14(11)16(22)19-7-5-13(6-8-19)18(2)10-15(20)21/h3-4,9,13H,5-8,10H2,1-2H3,(H,20,21). The summed E-state index contributed by atoms with van der Waals surface area (Å²) >= 11 is 3.41. The molecule has 0 atom stereocenters. The first kappa shape index (κ1) is 17.0. The number of hydrogen-bond acceptors (Lipinski definition) is 3. The van der Waals surface area contributed by atoms with Gasteiger partial charge in [-0.2, -0.15) is 0 Å². The maximum absolute atomic E-state index is 12.6. The minimum atomic E-state index is -0.813. The Morgan fingerprint density at radius 1 is 1.36 bits per heavy atom. The number of hydrogen-bond donors (Lipinski definition) is 1. The molecule has 1 aliphatic rings. The van der Waals surface area contributed by atoms with Gasteiger partial charge in [-0.3, -0.25) is 14.5 Å². The van der Waals surface area contributed by atoms with Crippen LogP contribution in [0.25, 0.3) is 0 Å². The maximum Gasteiger partial charge on any atom is 0.317 e. The van der Waals surface area contributed by atoms with Gasteiger partial charge < -0.3 is 10.0 Å². The van der Waals surface area contributed by atoms with Crippen molar-refractivity contribution in [3.8, 4) is 0 Å². The normalized spacial score (nSPS) is 16.1. The zero-order valence-electron chi connectivity index (χ0n) is 12.9. The average Bonchev–Trinajstić information content (AvgIpc) is 2.46. The molecular weight excluding hydrogens is 348 g/mol. The fourth-order valence-corrected chi connectivity index (χ4v) is 3.37. The first-order valence-electron chi connectivity index (χ1n) is 7.36. The molecule has 0 saturated carbocycles. The van der Waals surface area contributed by atoms with Gasteiger partial charge in [0.15, 0.2) is 0 Å². The van der Waals surface area contributed by atoms with Gasteiger partial charge in [0.25, 0.3) is 5.91 Å². The molecule has 6 heteroatoms. The molecule has 1 aromatic carbocycles. The second-order valence-electron chi connectivity index (χ2n) is 5.79. The molecule has 0 bridgehead atoms. The zero-order chi connectivity index (χ0) is 16.3. The number of carboxylic acid groups (broad SMARTS) is 1. The predicted octanol–water partition coefficient (Wildman–Crippen LogP) is 2.38. The molecule has 1 fully saturated rings. The number of likely N-dealkylation sites (tertiary alicyclic amines) is 1. The van der Waals surface area contributed by atoms with Crippen molar-refractivity contribution in [3.63, 3.8) is 0 Å². The highest BCUT2D eigenvalue weighted by Crippen LogP contribution is 2.21. The summed E-state index contributed by atoms with van der Waals surface area (Å²) in [6.07, 6.45) is 1.62. The minimum Gasteiger partial charge on any atom is -0.480 e. The first-order chi connectivity index (χ1) is 10.4. The summed E-state index contributed by atoms with van der Waals surface area (Å²) in [6.45, 7) is 3.32. The molecule has 0 unspecified atom stereocenters. The van der Waals surface area contributed by atoms with Gasteiger partial charge >= 0.3 is 5.97 Å². The summed E-state index contributed by atoms with van der Waals surface area (Å²) in [5, 5.41) is 8.85. The lowest BCUT2D eigenvalue weighted by atomic mass is 10.0. The molecule has 22 heavy (non-hydrogen) atoms. The SMILES string of the molecule is Cc1cc(Br)ccc1C(=O)N1CCC(N(C)CC(=O)O)CC1. The summed E-state index contributed by atoms with van der Waals surface area (Å²) in [5.74, 6) is -0.754. The number of likely N-dealkylation sites (N-methyl/N-ethyl adjacent to an activating group) is 1. The molecular formula is C16H21BrN2O3. The Labute approximate surface area is 139 Å². The summed E-state index contributed by atoms with van der Waals surface area (Å²) in [5.41, 5.74) is 1.70. The van der Waals surface area contributed by atoms with E-state index in [0.717, 1.165) is 28.4 Å². The van der Waals surface area contributed by atoms with E-state index in [2.05, 4.69) is 15.9 Å². The summed E-state index contributed by atoms with van der Waals surface area (Å²) in [4.78, 5) is 27.1. The highest BCUT2D eigenvalue weighted by Gasteiger charge is 2.27. The van der Waals surface area contributed by atoms with Gasteiger partial charge in [0.2, 0.25) is 0 Å². The second kappa shape index (κ2) is 7.24. The van der Waals surface area contributed by atoms with Crippen molar-refractivity contribution in [2.24, 2.45) is 0 Å². The van der Waals surface area contributed by atoms with Gasteiger partial charge in [0.05, 0.1) is 6.54 Å². The predicted molar refractivity (Wildman–Crippen MR) is 88.1 cm³/mol. The minimum absolute atomic E-state index is 0.0461. The van der Waals surface area contributed by atoms with Crippen LogP contribution in [0, 0.1) is 6.92 Å². The number of carbonyl (C=O) groups excluding carboxylic acids is 1. The molecule has 0 radical (unpaired) electrons. The Morgan fingerprint density at radius 2 is 2.00 bits per heavy atom.